The number of benzene rings is 2. The van der Waals surface area contributed by atoms with Gasteiger partial charge in [-0.05, 0) is 67.6 Å². The van der Waals surface area contributed by atoms with Crippen molar-refractivity contribution in [2.45, 2.75) is 33.2 Å². The van der Waals surface area contributed by atoms with Crippen LogP contribution in [0.15, 0.2) is 54.9 Å². The molecule has 36 heavy (non-hydrogen) atoms. The topological polar surface area (TPSA) is 81.0 Å². The maximum Gasteiger partial charge on any atom is 0.231 e. The second-order valence-electron chi connectivity index (χ2n) is 9.58. The summed E-state index contributed by atoms with van der Waals surface area (Å²) < 4.78 is 12.7. The van der Waals surface area contributed by atoms with Crippen LogP contribution in [0.25, 0.3) is 16.8 Å². The summed E-state index contributed by atoms with van der Waals surface area (Å²) in [4.78, 5) is 19.8. The largest absolute Gasteiger partial charge is 0.454 e. The van der Waals surface area contributed by atoms with Crippen LogP contribution in [0.1, 0.15) is 29.5 Å². The third-order valence-corrected chi connectivity index (χ3v) is 7.24. The number of piperidine rings is 1. The van der Waals surface area contributed by atoms with Gasteiger partial charge in [0, 0.05) is 43.5 Å². The predicted octanol–water partition coefficient (Wildman–Crippen LogP) is 4.27. The van der Waals surface area contributed by atoms with Gasteiger partial charge in [-0.3, -0.25) is 4.79 Å². The molecule has 6 rings (SSSR count). The molecule has 0 unspecified atom stereocenters. The Morgan fingerprint density at radius 1 is 1.03 bits per heavy atom. The highest BCUT2D eigenvalue weighted by Crippen LogP contribution is 2.33. The van der Waals surface area contributed by atoms with Gasteiger partial charge in [0.2, 0.25) is 12.7 Å². The Hall–Kier alpha value is -4.07. The molecule has 2 aromatic carbocycles. The first-order chi connectivity index (χ1) is 17.5. The van der Waals surface area contributed by atoms with Crippen LogP contribution in [0, 0.1) is 19.8 Å². The van der Waals surface area contributed by atoms with Gasteiger partial charge in [0.05, 0.1) is 5.69 Å². The number of carbonyl (C=O) groups is 1. The number of hydrogen-bond donors (Lipinski definition) is 1. The van der Waals surface area contributed by atoms with E-state index in [0.29, 0.717) is 6.54 Å². The smallest absolute Gasteiger partial charge is 0.231 e. The Morgan fingerprint density at radius 3 is 2.69 bits per heavy atom. The molecule has 2 aromatic heterocycles. The van der Waals surface area contributed by atoms with E-state index in [1.807, 2.05) is 28.9 Å². The molecule has 0 atom stereocenters. The molecule has 184 valence electrons. The second kappa shape index (κ2) is 9.18. The van der Waals surface area contributed by atoms with E-state index in [0.717, 1.165) is 65.6 Å². The lowest BCUT2D eigenvalue weighted by Crippen LogP contribution is -2.40. The van der Waals surface area contributed by atoms with Gasteiger partial charge in [0.25, 0.3) is 0 Å². The van der Waals surface area contributed by atoms with E-state index in [9.17, 15) is 4.79 Å². The number of amides is 1. The van der Waals surface area contributed by atoms with Crippen LogP contribution in [-0.4, -0.2) is 40.4 Å². The first-order valence-corrected chi connectivity index (χ1v) is 12.4. The predicted molar refractivity (Wildman–Crippen MR) is 137 cm³/mol. The summed E-state index contributed by atoms with van der Waals surface area (Å²) in [5.41, 5.74) is 6.54. The summed E-state index contributed by atoms with van der Waals surface area (Å²) in [6.45, 7) is 6.52. The number of rotatable bonds is 5. The van der Waals surface area contributed by atoms with Gasteiger partial charge in [0.1, 0.15) is 5.52 Å². The van der Waals surface area contributed by atoms with Crippen LogP contribution in [0.4, 0.5) is 5.82 Å². The van der Waals surface area contributed by atoms with Gasteiger partial charge < -0.3 is 19.7 Å². The van der Waals surface area contributed by atoms with E-state index in [1.54, 1.807) is 6.20 Å². The summed E-state index contributed by atoms with van der Waals surface area (Å²) in [6, 6.07) is 14.3. The Kier molecular flexibility index (Phi) is 5.71. The average molecular weight is 484 g/mol. The van der Waals surface area contributed by atoms with Crippen molar-refractivity contribution in [3.8, 4) is 22.8 Å². The molecule has 4 heterocycles. The highest BCUT2D eigenvalue weighted by molar-refractivity contribution is 5.80. The van der Waals surface area contributed by atoms with Crippen LogP contribution in [-0.2, 0) is 11.3 Å². The van der Waals surface area contributed by atoms with Crippen LogP contribution < -0.4 is 19.7 Å². The Labute approximate surface area is 209 Å². The van der Waals surface area contributed by atoms with Gasteiger partial charge in [-0.1, -0.05) is 18.2 Å². The highest BCUT2D eigenvalue weighted by atomic mass is 16.7. The molecule has 1 amide bonds. The minimum atomic E-state index is -0.00833. The fourth-order valence-corrected chi connectivity index (χ4v) is 4.93. The zero-order valence-electron chi connectivity index (χ0n) is 20.5. The lowest BCUT2D eigenvalue weighted by atomic mass is 9.95. The SMILES string of the molecule is Cc1ccc(-c2cc3c(N4CCC(C(=O)NCc5ccc6c(c5)OCO6)CC4)nccn3n2)cc1C. The van der Waals surface area contributed by atoms with Crippen molar-refractivity contribution in [2.75, 3.05) is 24.8 Å². The van der Waals surface area contributed by atoms with Gasteiger partial charge in [-0.15, -0.1) is 0 Å². The normalized spacial score (nSPS) is 15.4. The van der Waals surface area contributed by atoms with Crippen LogP contribution >= 0.6 is 0 Å². The summed E-state index contributed by atoms with van der Waals surface area (Å²) in [7, 11) is 0. The van der Waals surface area contributed by atoms with Crippen LogP contribution in [0.3, 0.4) is 0 Å². The second-order valence-corrected chi connectivity index (χ2v) is 9.58. The molecule has 0 spiro atoms. The van der Waals surface area contributed by atoms with Crippen molar-refractivity contribution in [3.05, 3.63) is 71.5 Å². The number of nitrogens with one attached hydrogen (secondary N) is 1. The summed E-state index contributed by atoms with van der Waals surface area (Å²) in [6.07, 6.45) is 5.26. The van der Waals surface area contributed by atoms with Crippen molar-refractivity contribution in [1.82, 2.24) is 19.9 Å². The Morgan fingerprint density at radius 2 is 1.86 bits per heavy atom. The van der Waals surface area contributed by atoms with E-state index >= 15 is 0 Å². The molecule has 1 saturated heterocycles. The van der Waals surface area contributed by atoms with E-state index in [-0.39, 0.29) is 18.6 Å². The molecular weight excluding hydrogens is 454 g/mol. The number of aromatic nitrogens is 3. The number of carbonyl (C=O) groups excluding carboxylic acids is 1. The standard InChI is InChI=1S/C28H29N5O3/c1-18-3-5-22(13-19(18)2)23-15-24-27(29-9-12-33(24)31-23)32-10-7-21(8-11-32)28(34)30-16-20-4-6-25-26(14-20)36-17-35-25/h3-6,9,12-15,21H,7-8,10-11,16-17H2,1-2H3,(H,30,34). The highest BCUT2D eigenvalue weighted by Gasteiger charge is 2.27. The van der Waals surface area contributed by atoms with E-state index in [4.69, 9.17) is 14.6 Å². The van der Waals surface area contributed by atoms with Crippen LogP contribution in [0.2, 0.25) is 0 Å². The maximum atomic E-state index is 12.9. The molecule has 8 nitrogen and oxygen atoms in total. The number of ether oxygens (including phenoxy) is 2. The van der Waals surface area contributed by atoms with Crippen molar-refractivity contribution in [3.63, 3.8) is 0 Å². The molecular formula is C28H29N5O3. The zero-order valence-corrected chi connectivity index (χ0v) is 20.5. The first-order valence-electron chi connectivity index (χ1n) is 12.4. The maximum absolute atomic E-state index is 12.9. The lowest BCUT2D eigenvalue weighted by Gasteiger charge is -2.32. The Balaban J connectivity index is 1.11. The minimum absolute atomic E-state index is 0.00833. The van der Waals surface area contributed by atoms with Gasteiger partial charge >= 0.3 is 0 Å². The number of hydrogen-bond acceptors (Lipinski definition) is 6. The lowest BCUT2D eigenvalue weighted by molar-refractivity contribution is -0.125. The zero-order chi connectivity index (χ0) is 24.6. The summed E-state index contributed by atoms with van der Waals surface area (Å²) >= 11 is 0. The van der Waals surface area contributed by atoms with Gasteiger partial charge in [-0.25, -0.2) is 9.50 Å². The molecule has 8 heteroatoms. The third-order valence-electron chi connectivity index (χ3n) is 7.24. The summed E-state index contributed by atoms with van der Waals surface area (Å²) in [5, 5.41) is 7.89. The molecule has 0 radical (unpaired) electrons. The average Bonchev–Trinajstić information content (AvgIpc) is 3.55. The quantitative estimate of drug-likeness (QED) is 0.457. The van der Waals surface area contributed by atoms with E-state index in [1.165, 1.54) is 11.1 Å². The van der Waals surface area contributed by atoms with Crippen molar-refractivity contribution in [2.24, 2.45) is 5.92 Å². The minimum Gasteiger partial charge on any atom is -0.454 e. The fourth-order valence-electron chi connectivity index (χ4n) is 4.93. The molecule has 1 fully saturated rings. The van der Waals surface area contributed by atoms with Crippen molar-refractivity contribution >= 4 is 17.2 Å². The molecule has 0 aliphatic carbocycles. The number of anilines is 1. The van der Waals surface area contributed by atoms with Gasteiger partial charge in [0.15, 0.2) is 17.3 Å². The van der Waals surface area contributed by atoms with E-state index < -0.39 is 0 Å². The van der Waals surface area contributed by atoms with Crippen molar-refractivity contribution in [1.29, 1.82) is 0 Å². The third kappa shape index (κ3) is 4.23. The number of aryl methyl sites for hydroxylation is 2. The number of fused-ring (bicyclic) bond motifs is 2. The van der Waals surface area contributed by atoms with Crippen LogP contribution in [0.5, 0.6) is 11.5 Å². The molecule has 4 aromatic rings. The molecule has 0 saturated carbocycles. The summed E-state index contributed by atoms with van der Waals surface area (Å²) in [5.74, 6) is 2.49. The fraction of sp³-hybridized carbons (Fsp3) is 0.321. The molecule has 1 N–H and O–H groups in total. The Bertz CT molecular complexity index is 1440. The molecule has 2 aliphatic rings. The van der Waals surface area contributed by atoms with E-state index in [2.05, 4.69) is 53.3 Å². The van der Waals surface area contributed by atoms with Crippen molar-refractivity contribution < 1.29 is 14.3 Å². The monoisotopic (exact) mass is 483 g/mol. The van der Waals surface area contributed by atoms with Gasteiger partial charge in [-0.2, -0.15) is 5.10 Å². The first kappa shape index (κ1) is 22.4. The molecule has 2 aliphatic heterocycles. The number of nitrogens with zero attached hydrogens (tertiary/aromatic N) is 4. The molecule has 0 bridgehead atoms.